The number of rotatable bonds is 6. The summed E-state index contributed by atoms with van der Waals surface area (Å²) in [5, 5.41) is 0. The minimum Gasteiger partial charge on any atom is -0.457 e. The number of sulfonamides is 1. The van der Waals surface area contributed by atoms with Crippen LogP contribution in [0.4, 0.5) is 4.39 Å². The molecule has 9 heteroatoms. The molecule has 0 aliphatic carbocycles. The Labute approximate surface area is 156 Å². The number of nitrogens with one attached hydrogen (secondary N) is 1. The predicted octanol–water partition coefficient (Wildman–Crippen LogP) is 1.93. The number of hydrogen-bond acceptors (Lipinski definition) is 5. The highest BCUT2D eigenvalue weighted by molar-refractivity contribution is 7.89. The Kier molecular flexibility index (Phi) is 5.45. The summed E-state index contributed by atoms with van der Waals surface area (Å²) in [6, 6.07) is 11.1. The first-order chi connectivity index (χ1) is 12.8. The maximum Gasteiger partial charge on any atom is 0.241 e. The summed E-state index contributed by atoms with van der Waals surface area (Å²) in [5.41, 5.74) is 4.08. The van der Waals surface area contributed by atoms with E-state index in [1.54, 1.807) is 0 Å². The Bertz CT molecular complexity index is 908. The van der Waals surface area contributed by atoms with Crippen molar-refractivity contribution in [2.24, 2.45) is 5.73 Å². The highest BCUT2D eigenvalue weighted by atomic mass is 32.2. The van der Waals surface area contributed by atoms with Crippen LogP contribution < -0.4 is 15.2 Å². The van der Waals surface area contributed by atoms with Crippen LogP contribution in [0.3, 0.4) is 0 Å². The maximum atomic E-state index is 12.9. The molecule has 27 heavy (non-hydrogen) atoms. The number of amides is 1. The average molecular weight is 394 g/mol. The summed E-state index contributed by atoms with van der Waals surface area (Å²) in [7, 11) is -3.97. The zero-order valence-electron chi connectivity index (χ0n) is 14.4. The third-order valence-electron chi connectivity index (χ3n) is 4.33. The minimum atomic E-state index is -3.97. The number of nitrogens with two attached hydrogens (primary N) is 1. The van der Waals surface area contributed by atoms with E-state index in [9.17, 15) is 17.6 Å². The van der Waals surface area contributed by atoms with E-state index >= 15 is 0 Å². The molecule has 2 aromatic rings. The van der Waals surface area contributed by atoms with Gasteiger partial charge in [-0.1, -0.05) is 0 Å². The molecule has 1 amide bonds. The number of benzene rings is 2. The van der Waals surface area contributed by atoms with Gasteiger partial charge in [-0.25, -0.2) is 12.8 Å². The SMILES string of the molecule is NC(=O)C1(NS(=O)(=O)c2ccc(Oc3ccc(F)cc3)cc2)CCOCC1. The van der Waals surface area contributed by atoms with E-state index in [-0.39, 0.29) is 36.8 Å². The molecule has 1 aliphatic rings. The van der Waals surface area contributed by atoms with Crippen LogP contribution in [0.2, 0.25) is 0 Å². The lowest BCUT2D eigenvalue weighted by Gasteiger charge is -2.34. The summed E-state index contributed by atoms with van der Waals surface area (Å²) < 4.78 is 51.4. The molecule has 0 radical (unpaired) electrons. The smallest absolute Gasteiger partial charge is 0.241 e. The van der Waals surface area contributed by atoms with E-state index in [1.807, 2.05) is 0 Å². The first-order valence-corrected chi connectivity index (χ1v) is 9.74. The summed E-state index contributed by atoms with van der Waals surface area (Å²) in [5.74, 6) is -0.312. The van der Waals surface area contributed by atoms with Gasteiger partial charge in [-0.15, -0.1) is 0 Å². The molecular weight excluding hydrogens is 375 g/mol. The van der Waals surface area contributed by atoms with Crippen molar-refractivity contribution < 1.29 is 27.1 Å². The average Bonchev–Trinajstić information content (AvgIpc) is 2.64. The first kappa shape index (κ1) is 19.3. The van der Waals surface area contributed by atoms with Crippen molar-refractivity contribution in [3.05, 3.63) is 54.3 Å². The van der Waals surface area contributed by atoms with Crippen molar-refractivity contribution in [1.29, 1.82) is 0 Å². The molecular formula is C18H19FN2O5S. The molecule has 0 aromatic heterocycles. The van der Waals surface area contributed by atoms with Crippen molar-refractivity contribution in [2.45, 2.75) is 23.3 Å². The highest BCUT2D eigenvalue weighted by Crippen LogP contribution is 2.26. The van der Waals surface area contributed by atoms with Crippen molar-refractivity contribution in [2.75, 3.05) is 13.2 Å². The largest absolute Gasteiger partial charge is 0.457 e. The van der Waals surface area contributed by atoms with Crippen LogP contribution in [0.1, 0.15) is 12.8 Å². The molecule has 1 saturated heterocycles. The number of halogens is 1. The number of carbonyl (C=O) groups excluding carboxylic acids is 1. The quantitative estimate of drug-likeness (QED) is 0.778. The van der Waals surface area contributed by atoms with Gasteiger partial charge in [0.25, 0.3) is 0 Å². The van der Waals surface area contributed by atoms with E-state index in [0.29, 0.717) is 11.5 Å². The van der Waals surface area contributed by atoms with Crippen LogP contribution in [0.25, 0.3) is 0 Å². The first-order valence-electron chi connectivity index (χ1n) is 8.26. The van der Waals surface area contributed by atoms with E-state index < -0.39 is 21.5 Å². The van der Waals surface area contributed by atoms with Gasteiger partial charge in [0.05, 0.1) is 4.90 Å². The van der Waals surface area contributed by atoms with Gasteiger partial charge < -0.3 is 15.2 Å². The fourth-order valence-electron chi connectivity index (χ4n) is 2.76. The zero-order chi connectivity index (χ0) is 19.5. The normalized spacial score (nSPS) is 16.6. The topological polar surface area (TPSA) is 108 Å². The zero-order valence-corrected chi connectivity index (χ0v) is 15.2. The van der Waals surface area contributed by atoms with Crippen LogP contribution in [0.5, 0.6) is 11.5 Å². The maximum absolute atomic E-state index is 12.9. The molecule has 3 N–H and O–H groups in total. The lowest BCUT2D eigenvalue weighted by molar-refractivity contribution is -0.127. The molecule has 1 aliphatic heterocycles. The highest BCUT2D eigenvalue weighted by Gasteiger charge is 2.42. The third-order valence-corrected chi connectivity index (χ3v) is 5.88. The van der Waals surface area contributed by atoms with Gasteiger partial charge in [-0.05, 0) is 61.4 Å². The van der Waals surface area contributed by atoms with Gasteiger partial charge in [-0.2, -0.15) is 4.72 Å². The van der Waals surface area contributed by atoms with Crippen molar-refractivity contribution in [1.82, 2.24) is 4.72 Å². The van der Waals surface area contributed by atoms with E-state index in [4.69, 9.17) is 15.2 Å². The fourth-order valence-corrected chi connectivity index (χ4v) is 4.19. The molecule has 0 bridgehead atoms. The molecule has 1 fully saturated rings. The summed E-state index contributed by atoms with van der Waals surface area (Å²) in [6.45, 7) is 0.492. The van der Waals surface area contributed by atoms with Crippen LogP contribution in [-0.4, -0.2) is 33.1 Å². The van der Waals surface area contributed by atoms with Gasteiger partial charge in [0.2, 0.25) is 15.9 Å². The van der Waals surface area contributed by atoms with Crippen molar-refractivity contribution in [3.8, 4) is 11.5 Å². The molecule has 7 nitrogen and oxygen atoms in total. The molecule has 0 unspecified atom stereocenters. The third kappa shape index (κ3) is 4.44. The van der Waals surface area contributed by atoms with Crippen LogP contribution in [-0.2, 0) is 19.6 Å². The van der Waals surface area contributed by atoms with Crippen molar-refractivity contribution >= 4 is 15.9 Å². The summed E-state index contributed by atoms with van der Waals surface area (Å²) >= 11 is 0. The molecule has 3 rings (SSSR count). The van der Waals surface area contributed by atoms with Gasteiger partial charge in [-0.3, -0.25) is 4.79 Å². The van der Waals surface area contributed by atoms with E-state index in [0.717, 1.165) is 0 Å². The molecule has 0 atom stereocenters. The van der Waals surface area contributed by atoms with Gasteiger partial charge in [0.1, 0.15) is 22.9 Å². The fraction of sp³-hybridized carbons (Fsp3) is 0.278. The summed E-state index contributed by atoms with van der Waals surface area (Å²) in [4.78, 5) is 11.8. The molecule has 0 saturated carbocycles. The van der Waals surface area contributed by atoms with Crippen LogP contribution >= 0.6 is 0 Å². The van der Waals surface area contributed by atoms with Crippen LogP contribution in [0, 0.1) is 5.82 Å². The Morgan fingerprint density at radius 1 is 1.04 bits per heavy atom. The molecule has 0 spiro atoms. The number of carbonyl (C=O) groups is 1. The van der Waals surface area contributed by atoms with Crippen molar-refractivity contribution in [3.63, 3.8) is 0 Å². The Morgan fingerprint density at radius 3 is 2.07 bits per heavy atom. The summed E-state index contributed by atoms with van der Waals surface area (Å²) in [6.07, 6.45) is 0.348. The lowest BCUT2D eigenvalue weighted by Crippen LogP contribution is -2.59. The lowest BCUT2D eigenvalue weighted by atomic mass is 9.91. The predicted molar refractivity (Wildman–Crippen MR) is 95.2 cm³/mol. The van der Waals surface area contributed by atoms with E-state index in [2.05, 4.69) is 4.72 Å². The van der Waals surface area contributed by atoms with Gasteiger partial charge in [0.15, 0.2) is 0 Å². The minimum absolute atomic E-state index is 0.0268. The Balaban J connectivity index is 1.76. The Morgan fingerprint density at radius 2 is 1.56 bits per heavy atom. The molecule has 2 aromatic carbocycles. The Hall–Kier alpha value is -2.49. The number of ether oxygens (including phenoxy) is 2. The monoisotopic (exact) mass is 394 g/mol. The number of primary amides is 1. The van der Waals surface area contributed by atoms with Crippen LogP contribution in [0.15, 0.2) is 53.4 Å². The second-order valence-electron chi connectivity index (χ2n) is 6.19. The number of hydrogen-bond donors (Lipinski definition) is 2. The van der Waals surface area contributed by atoms with E-state index in [1.165, 1.54) is 48.5 Å². The molecule has 1 heterocycles. The van der Waals surface area contributed by atoms with Gasteiger partial charge in [0, 0.05) is 13.2 Å². The van der Waals surface area contributed by atoms with Gasteiger partial charge >= 0.3 is 0 Å². The second kappa shape index (κ2) is 7.63. The standard InChI is InChI=1S/C18H19FN2O5S/c19-13-1-3-14(4-2-13)26-15-5-7-16(8-6-15)27(23,24)21-18(17(20)22)9-11-25-12-10-18/h1-8,21H,9-12H2,(H2,20,22). The second-order valence-corrected chi connectivity index (χ2v) is 7.87. The molecule has 144 valence electrons.